The lowest BCUT2D eigenvalue weighted by Gasteiger charge is -2.24. The second-order valence-corrected chi connectivity index (χ2v) is 4.04. The molecule has 1 fully saturated rings. The lowest BCUT2D eigenvalue weighted by Crippen LogP contribution is -2.35. The third-order valence-electron chi connectivity index (χ3n) is 2.52. The molecule has 1 amide bonds. The van der Waals surface area contributed by atoms with Gasteiger partial charge in [-0.15, -0.1) is 12.4 Å². The van der Waals surface area contributed by atoms with Crippen molar-refractivity contribution in [1.82, 2.24) is 5.32 Å². The largest absolute Gasteiger partial charge is 0.449 e. The fourth-order valence-corrected chi connectivity index (χ4v) is 1.78. The van der Waals surface area contributed by atoms with Gasteiger partial charge in [0.2, 0.25) is 0 Å². The number of carbonyl (C=O) groups excluding carboxylic acids is 1. The lowest BCUT2D eigenvalue weighted by atomic mass is 10.0. The average Bonchev–Trinajstić information content (AvgIpc) is 2.22. The summed E-state index contributed by atoms with van der Waals surface area (Å²) in [5, 5.41) is 3.52. The molecule has 0 aromatic heterocycles. The fraction of sp³-hybridized carbons (Fsp3) is 0.364. The topological polar surface area (TPSA) is 38.3 Å². The van der Waals surface area contributed by atoms with Gasteiger partial charge >= 0.3 is 6.09 Å². The second-order valence-electron chi connectivity index (χ2n) is 3.63. The number of rotatable bonds is 1. The van der Waals surface area contributed by atoms with Gasteiger partial charge in [0.15, 0.2) is 0 Å². The van der Waals surface area contributed by atoms with E-state index >= 15 is 0 Å². The summed E-state index contributed by atoms with van der Waals surface area (Å²) in [5.41, 5.74) is 2.10. The molecule has 16 heavy (non-hydrogen) atoms. The molecule has 0 saturated carbocycles. The van der Waals surface area contributed by atoms with E-state index in [1.807, 2.05) is 25.1 Å². The van der Waals surface area contributed by atoms with Crippen LogP contribution in [0.25, 0.3) is 0 Å². The molecule has 0 unspecified atom stereocenters. The highest BCUT2D eigenvalue weighted by molar-refractivity contribution is 6.31. The molecule has 1 aromatic rings. The van der Waals surface area contributed by atoms with E-state index in [-0.39, 0.29) is 24.5 Å². The number of nitrogens with one attached hydrogen (secondary N) is 1. The monoisotopic (exact) mass is 261 g/mol. The summed E-state index contributed by atoms with van der Waals surface area (Å²) in [6.45, 7) is 2.42. The molecule has 1 aromatic carbocycles. The molecule has 2 rings (SSSR count). The van der Waals surface area contributed by atoms with Crippen LogP contribution >= 0.6 is 24.0 Å². The van der Waals surface area contributed by atoms with Crippen molar-refractivity contribution < 1.29 is 9.53 Å². The molecule has 1 saturated heterocycles. The number of cyclic esters (lactones) is 1. The first-order chi connectivity index (χ1) is 7.16. The minimum atomic E-state index is -0.348. The van der Waals surface area contributed by atoms with Crippen LogP contribution in [0.3, 0.4) is 0 Å². The summed E-state index contributed by atoms with van der Waals surface area (Å²) in [7, 11) is 0. The van der Waals surface area contributed by atoms with E-state index in [1.165, 1.54) is 0 Å². The van der Waals surface area contributed by atoms with Gasteiger partial charge in [-0.2, -0.15) is 0 Å². The quantitative estimate of drug-likeness (QED) is 0.843. The highest BCUT2D eigenvalue weighted by atomic mass is 35.5. The molecule has 1 aliphatic rings. The maximum atomic E-state index is 11.0. The Balaban J connectivity index is 0.00000128. The number of aryl methyl sites for hydroxylation is 1. The number of carbonyl (C=O) groups is 1. The van der Waals surface area contributed by atoms with Gasteiger partial charge in [0.1, 0.15) is 0 Å². The van der Waals surface area contributed by atoms with Crippen molar-refractivity contribution in [3.63, 3.8) is 0 Å². The molecule has 0 aliphatic carbocycles. The Morgan fingerprint density at radius 1 is 1.50 bits per heavy atom. The van der Waals surface area contributed by atoms with Crippen molar-refractivity contribution in [2.75, 3.05) is 6.61 Å². The van der Waals surface area contributed by atoms with Crippen LogP contribution in [0.5, 0.6) is 0 Å². The Bertz CT molecular complexity index is 396. The summed E-state index contributed by atoms with van der Waals surface area (Å²) in [4.78, 5) is 11.0. The van der Waals surface area contributed by atoms with Crippen LogP contribution in [0.2, 0.25) is 5.02 Å². The van der Waals surface area contributed by atoms with Gasteiger partial charge in [0.05, 0.1) is 12.6 Å². The van der Waals surface area contributed by atoms with Gasteiger partial charge in [0.25, 0.3) is 0 Å². The summed E-state index contributed by atoms with van der Waals surface area (Å²) in [6.07, 6.45) is 0.450. The minimum Gasteiger partial charge on any atom is -0.449 e. The van der Waals surface area contributed by atoms with Gasteiger partial charge < -0.3 is 10.1 Å². The molecule has 1 atom stereocenters. The zero-order valence-electron chi connectivity index (χ0n) is 8.83. The highest BCUT2D eigenvalue weighted by Gasteiger charge is 2.20. The average molecular weight is 262 g/mol. The van der Waals surface area contributed by atoms with Crippen LogP contribution in [0.15, 0.2) is 18.2 Å². The Kier molecular flexibility index (Phi) is 4.44. The van der Waals surface area contributed by atoms with Crippen LogP contribution in [-0.4, -0.2) is 12.7 Å². The van der Waals surface area contributed by atoms with Gasteiger partial charge in [-0.05, 0) is 24.1 Å². The smallest absolute Gasteiger partial charge is 0.407 e. The molecular weight excluding hydrogens is 249 g/mol. The Morgan fingerprint density at radius 3 is 2.88 bits per heavy atom. The molecule has 88 valence electrons. The predicted octanol–water partition coefficient (Wildman–Crippen LogP) is 3.24. The number of hydrogen-bond acceptors (Lipinski definition) is 2. The lowest BCUT2D eigenvalue weighted by molar-refractivity contribution is 0.115. The number of benzene rings is 1. The highest BCUT2D eigenvalue weighted by Crippen LogP contribution is 2.24. The summed E-state index contributed by atoms with van der Waals surface area (Å²) < 4.78 is 4.81. The SMILES string of the molecule is Cc1cc([C@@H]2CCOC(=O)N2)ccc1Cl.Cl. The molecule has 1 aliphatic heterocycles. The Morgan fingerprint density at radius 2 is 2.25 bits per heavy atom. The zero-order chi connectivity index (χ0) is 10.8. The minimum absolute atomic E-state index is 0. The van der Waals surface area contributed by atoms with Crippen LogP contribution in [0, 0.1) is 6.92 Å². The van der Waals surface area contributed by atoms with E-state index in [4.69, 9.17) is 16.3 Å². The Hall–Kier alpha value is -0.930. The standard InChI is InChI=1S/C11H12ClNO2.ClH/c1-7-6-8(2-3-9(7)12)10-4-5-15-11(14)13-10;/h2-3,6,10H,4-5H2,1H3,(H,13,14);1H/t10-;/m0./s1. The molecular formula is C11H13Cl2NO2. The Labute approximate surface area is 106 Å². The summed E-state index contributed by atoms with van der Waals surface area (Å²) >= 11 is 5.94. The van der Waals surface area contributed by atoms with Crippen LogP contribution < -0.4 is 5.32 Å². The third kappa shape index (κ3) is 2.80. The molecule has 0 spiro atoms. The van der Waals surface area contributed by atoms with Crippen LogP contribution in [-0.2, 0) is 4.74 Å². The van der Waals surface area contributed by atoms with Crippen LogP contribution in [0.1, 0.15) is 23.6 Å². The maximum Gasteiger partial charge on any atom is 0.407 e. The molecule has 1 heterocycles. The predicted molar refractivity (Wildman–Crippen MR) is 65.3 cm³/mol. The van der Waals surface area contributed by atoms with E-state index in [0.717, 1.165) is 22.6 Å². The van der Waals surface area contributed by atoms with Crippen molar-refractivity contribution in [3.05, 3.63) is 34.3 Å². The number of halogens is 2. The van der Waals surface area contributed by atoms with Crippen LogP contribution in [0.4, 0.5) is 4.79 Å². The van der Waals surface area contributed by atoms with Crippen molar-refractivity contribution in [3.8, 4) is 0 Å². The first kappa shape index (κ1) is 13.1. The maximum absolute atomic E-state index is 11.0. The number of alkyl carbamates (subject to hydrolysis) is 1. The van der Waals surface area contributed by atoms with Crippen molar-refractivity contribution in [2.24, 2.45) is 0 Å². The molecule has 1 N–H and O–H groups in total. The summed E-state index contributed by atoms with van der Waals surface area (Å²) in [5.74, 6) is 0. The van der Waals surface area contributed by atoms with Gasteiger partial charge in [-0.25, -0.2) is 4.79 Å². The van der Waals surface area contributed by atoms with Crippen molar-refractivity contribution >= 4 is 30.1 Å². The van der Waals surface area contributed by atoms with E-state index in [2.05, 4.69) is 5.32 Å². The van der Waals surface area contributed by atoms with Crippen molar-refractivity contribution in [2.45, 2.75) is 19.4 Å². The van der Waals surface area contributed by atoms with E-state index < -0.39 is 0 Å². The first-order valence-electron chi connectivity index (χ1n) is 4.86. The zero-order valence-corrected chi connectivity index (χ0v) is 10.4. The number of ether oxygens (including phenoxy) is 1. The summed E-state index contributed by atoms with van der Waals surface area (Å²) in [6, 6.07) is 5.83. The van der Waals surface area contributed by atoms with Gasteiger partial charge in [-0.3, -0.25) is 0 Å². The molecule has 0 bridgehead atoms. The van der Waals surface area contributed by atoms with Gasteiger partial charge in [0, 0.05) is 11.4 Å². The number of amides is 1. The van der Waals surface area contributed by atoms with E-state index in [9.17, 15) is 4.79 Å². The second kappa shape index (κ2) is 5.41. The normalized spacial score (nSPS) is 19.4. The fourth-order valence-electron chi connectivity index (χ4n) is 1.66. The molecule has 5 heteroatoms. The van der Waals surface area contributed by atoms with E-state index in [1.54, 1.807) is 0 Å². The first-order valence-corrected chi connectivity index (χ1v) is 5.24. The number of hydrogen-bond donors (Lipinski definition) is 1. The molecule has 0 radical (unpaired) electrons. The van der Waals surface area contributed by atoms with Gasteiger partial charge in [-0.1, -0.05) is 23.7 Å². The van der Waals surface area contributed by atoms with E-state index in [0.29, 0.717) is 6.61 Å². The third-order valence-corrected chi connectivity index (χ3v) is 2.94. The molecule has 3 nitrogen and oxygen atoms in total. The van der Waals surface area contributed by atoms with Crippen molar-refractivity contribution in [1.29, 1.82) is 0 Å².